The van der Waals surface area contributed by atoms with Crippen molar-refractivity contribution in [1.82, 2.24) is 9.97 Å². The van der Waals surface area contributed by atoms with Crippen LogP contribution >= 0.6 is 22.9 Å². The van der Waals surface area contributed by atoms with Crippen LogP contribution < -0.4 is 4.72 Å². The van der Waals surface area contributed by atoms with Crippen LogP contribution in [-0.4, -0.2) is 18.4 Å². The van der Waals surface area contributed by atoms with E-state index >= 15 is 0 Å². The van der Waals surface area contributed by atoms with Gasteiger partial charge in [0.25, 0.3) is 10.0 Å². The third-order valence-electron chi connectivity index (χ3n) is 1.85. The second-order valence-electron chi connectivity index (χ2n) is 3.22. The minimum Gasteiger partial charge on any atom is -0.255 e. The molecule has 0 fully saturated rings. The molecular weight excluding hydrogens is 282 g/mol. The average Bonchev–Trinajstić information content (AvgIpc) is 2.63. The van der Waals surface area contributed by atoms with E-state index in [2.05, 4.69) is 14.7 Å². The fraction of sp³-hybridized carbons (Fsp3) is 0.111. The van der Waals surface area contributed by atoms with Gasteiger partial charge in [-0.15, -0.1) is 11.3 Å². The van der Waals surface area contributed by atoms with E-state index in [0.29, 0.717) is 5.13 Å². The molecule has 0 aromatic carbocycles. The lowest BCUT2D eigenvalue weighted by atomic mass is 10.5. The predicted molar refractivity (Wildman–Crippen MR) is 66.9 cm³/mol. The van der Waals surface area contributed by atoms with E-state index < -0.39 is 10.0 Å². The summed E-state index contributed by atoms with van der Waals surface area (Å²) in [6.45, 7) is 1.79. The van der Waals surface area contributed by atoms with Gasteiger partial charge in [-0.1, -0.05) is 11.6 Å². The molecule has 0 saturated carbocycles. The van der Waals surface area contributed by atoms with Gasteiger partial charge in [0.15, 0.2) is 5.13 Å². The quantitative estimate of drug-likeness (QED) is 0.880. The summed E-state index contributed by atoms with van der Waals surface area (Å²) in [5.41, 5.74) is 0.766. The summed E-state index contributed by atoms with van der Waals surface area (Å²) in [6.07, 6.45) is 1.20. The van der Waals surface area contributed by atoms with Crippen LogP contribution in [0, 0.1) is 6.92 Å². The van der Waals surface area contributed by atoms with Crippen LogP contribution in [0.25, 0.3) is 0 Å². The molecular formula is C9H8ClN3O2S2. The van der Waals surface area contributed by atoms with Crippen molar-refractivity contribution < 1.29 is 8.42 Å². The summed E-state index contributed by atoms with van der Waals surface area (Å²) < 4.78 is 26.2. The minimum atomic E-state index is -3.64. The third kappa shape index (κ3) is 2.93. The van der Waals surface area contributed by atoms with Crippen molar-refractivity contribution in [3.63, 3.8) is 0 Å². The van der Waals surface area contributed by atoms with Crippen LogP contribution in [-0.2, 0) is 10.0 Å². The molecule has 2 aromatic heterocycles. The van der Waals surface area contributed by atoms with Crippen molar-refractivity contribution in [3.8, 4) is 0 Å². The lowest BCUT2D eigenvalue weighted by molar-refractivity contribution is 0.601. The molecule has 90 valence electrons. The second kappa shape index (κ2) is 4.59. The third-order valence-corrected chi connectivity index (χ3v) is 4.40. The summed E-state index contributed by atoms with van der Waals surface area (Å²) in [5, 5.41) is 2.34. The molecule has 0 amide bonds. The summed E-state index contributed by atoms with van der Waals surface area (Å²) >= 11 is 6.82. The first-order valence-electron chi connectivity index (χ1n) is 4.54. The molecule has 0 bridgehead atoms. The van der Waals surface area contributed by atoms with Crippen LogP contribution in [0.4, 0.5) is 5.13 Å². The Morgan fingerprint density at radius 3 is 2.71 bits per heavy atom. The Kier molecular flexibility index (Phi) is 3.32. The number of sulfonamides is 1. The first-order chi connectivity index (χ1) is 7.97. The average molecular weight is 290 g/mol. The summed E-state index contributed by atoms with van der Waals surface area (Å²) in [6, 6.07) is 2.81. The Labute approximate surface area is 108 Å². The van der Waals surface area contributed by atoms with Gasteiger partial charge in [-0.05, 0) is 19.1 Å². The van der Waals surface area contributed by atoms with Gasteiger partial charge < -0.3 is 0 Å². The summed E-state index contributed by atoms with van der Waals surface area (Å²) in [5.74, 6) is 0. The fourth-order valence-electron chi connectivity index (χ4n) is 1.10. The van der Waals surface area contributed by atoms with E-state index in [-0.39, 0.29) is 10.0 Å². The smallest absolute Gasteiger partial charge is 0.255 e. The van der Waals surface area contributed by atoms with Crippen LogP contribution in [0.2, 0.25) is 5.15 Å². The highest BCUT2D eigenvalue weighted by Gasteiger charge is 2.16. The number of aryl methyl sites for hydroxylation is 1. The van der Waals surface area contributed by atoms with E-state index in [9.17, 15) is 8.42 Å². The van der Waals surface area contributed by atoms with Crippen molar-refractivity contribution in [3.05, 3.63) is 34.6 Å². The highest BCUT2D eigenvalue weighted by molar-refractivity contribution is 7.93. The molecule has 8 heteroatoms. The number of halogens is 1. The minimum absolute atomic E-state index is 0.0507. The SMILES string of the molecule is Cc1csc(NS(=O)(=O)c2ccc(Cl)nc2)n1. The number of nitrogens with zero attached hydrogens (tertiary/aromatic N) is 2. The van der Waals surface area contributed by atoms with Gasteiger partial charge in [0, 0.05) is 11.6 Å². The zero-order chi connectivity index (χ0) is 12.5. The molecule has 2 heterocycles. The lowest BCUT2D eigenvalue weighted by Gasteiger charge is -2.04. The molecule has 0 saturated heterocycles. The maximum Gasteiger partial charge on any atom is 0.265 e. The molecule has 0 spiro atoms. The van der Waals surface area contributed by atoms with Gasteiger partial charge in [0.2, 0.25) is 0 Å². The van der Waals surface area contributed by atoms with E-state index in [1.807, 2.05) is 0 Å². The van der Waals surface area contributed by atoms with Gasteiger partial charge in [-0.25, -0.2) is 18.4 Å². The van der Waals surface area contributed by atoms with Crippen molar-refractivity contribution >= 4 is 38.1 Å². The van der Waals surface area contributed by atoms with Gasteiger partial charge in [0.05, 0.1) is 5.69 Å². The molecule has 0 aliphatic heterocycles. The highest BCUT2D eigenvalue weighted by atomic mass is 35.5. The lowest BCUT2D eigenvalue weighted by Crippen LogP contribution is -2.12. The zero-order valence-corrected chi connectivity index (χ0v) is 11.1. The van der Waals surface area contributed by atoms with E-state index in [4.69, 9.17) is 11.6 Å². The molecule has 0 unspecified atom stereocenters. The number of nitrogens with one attached hydrogen (secondary N) is 1. The number of hydrogen-bond donors (Lipinski definition) is 1. The van der Waals surface area contributed by atoms with Crippen molar-refractivity contribution in [2.45, 2.75) is 11.8 Å². The van der Waals surface area contributed by atoms with Gasteiger partial charge in [0.1, 0.15) is 10.0 Å². The monoisotopic (exact) mass is 289 g/mol. The Hall–Kier alpha value is -1.18. The molecule has 17 heavy (non-hydrogen) atoms. The van der Waals surface area contributed by atoms with Gasteiger partial charge >= 0.3 is 0 Å². The van der Waals surface area contributed by atoms with E-state index in [1.54, 1.807) is 12.3 Å². The topological polar surface area (TPSA) is 72.0 Å². The van der Waals surface area contributed by atoms with Gasteiger partial charge in [-0.2, -0.15) is 0 Å². The number of hydrogen-bond acceptors (Lipinski definition) is 5. The molecule has 0 radical (unpaired) electrons. The standard InChI is InChI=1S/C9H8ClN3O2S2/c1-6-5-16-9(12-6)13-17(14,15)7-2-3-8(10)11-4-7/h2-5H,1H3,(H,12,13). The van der Waals surface area contributed by atoms with Gasteiger partial charge in [-0.3, -0.25) is 4.72 Å². The van der Waals surface area contributed by atoms with Crippen LogP contribution in [0.1, 0.15) is 5.69 Å². The van der Waals surface area contributed by atoms with E-state index in [1.165, 1.54) is 29.7 Å². The zero-order valence-electron chi connectivity index (χ0n) is 8.71. The Balaban J connectivity index is 2.28. The molecule has 0 atom stereocenters. The Morgan fingerprint density at radius 1 is 1.41 bits per heavy atom. The first kappa shape index (κ1) is 12.3. The van der Waals surface area contributed by atoms with Crippen molar-refractivity contribution in [1.29, 1.82) is 0 Å². The second-order valence-corrected chi connectivity index (χ2v) is 6.14. The number of rotatable bonds is 3. The molecule has 2 rings (SSSR count). The summed E-state index contributed by atoms with van der Waals surface area (Å²) in [4.78, 5) is 7.79. The van der Waals surface area contributed by atoms with Crippen LogP contribution in [0.3, 0.4) is 0 Å². The van der Waals surface area contributed by atoms with Crippen LogP contribution in [0.15, 0.2) is 28.6 Å². The fourth-order valence-corrected chi connectivity index (χ4v) is 3.09. The molecule has 0 aliphatic carbocycles. The van der Waals surface area contributed by atoms with E-state index in [0.717, 1.165) is 5.69 Å². The molecule has 5 nitrogen and oxygen atoms in total. The number of anilines is 1. The number of pyridine rings is 1. The number of thiazole rings is 1. The maximum atomic E-state index is 11.9. The molecule has 2 aromatic rings. The maximum absolute atomic E-state index is 11.9. The Bertz CT molecular complexity index is 622. The van der Waals surface area contributed by atoms with Crippen molar-refractivity contribution in [2.24, 2.45) is 0 Å². The molecule has 1 N–H and O–H groups in total. The molecule has 0 aliphatic rings. The Morgan fingerprint density at radius 2 is 2.18 bits per heavy atom. The highest BCUT2D eigenvalue weighted by Crippen LogP contribution is 2.19. The van der Waals surface area contributed by atoms with Crippen molar-refractivity contribution in [2.75, 3.05) is 4.72 Å². The number of aromatic nitrogens is 2. The van der Waals surface area contributed by atoms with Crippen LogP contribution in [0.5, 0.6) is 0 Å². The largest absolute Gasteiger partial charge is 0.265 e. The normalized spacial score (nSPS) is 11.4. The first-order valence-corrected chi connectivity index (χ1v) is 7.28. The summed E-state index contributed by atoms with van der Waals surface area (Å²) in [7, 11) is -3.64. The predicted octanol–water partition coefficient (Wildman–Crippen LogP) is 2.30.